The lowest BCUT2D eigenvalue weighted by Gasteiger charge is -2.15. The molecule has 2 heterocycles. The van der Waals surface area contributed by atoms with Crippen LogP contribution in [0.15, 0.2) is 65.4 Å². The summed E-state index contributed by atoms with van der Waals surface area (Å²) >= 11 is 0. The number of nitrogens with one attached hydrogen (secondary N) is 5. The highest BCUT2D eigenvalue weighted by atomic mass is 16.5. The van der Waals surface area contributed by atoms with Crippen molar-refractivity contribution in [3.05, 3.63) is 77.8 Å². The van der Waals surface area contributed by atoms with Gasteiger partial charge in [-0.2, -0.15) is 0 Å². The van der Waals surface area contributed by atoms with E-state index in [1.165, 1.54) is 6.33 Å². The molecular formula is C29H34N10O3. The lowest BCUT2D eigenvalue weighted by atomic mass is 9.93. The van der Waals surface area contributed by atoms with E-state index >= 15 is 0 Å². The van der Waals surface area contributed by atoms with Gasteiger partial charge < -0.3 is 31.1 Å². The van der Waals surface area contributed by atoms with Gasteiger partial charge in [-0.05, 0) is 50.5 Å². The number of nitrogen functional groups attached to an aromatic ring is 1. The quantitative estimate of drug-likeness (QED) is 0.156. The van der Waals surface area contributed by atoms with Gasteiger partial charge in [-0.1, -0.05) is 38.1 Å². The minimum atomic E-state index is -0.466. The van der Waals surface area contributed by atoms with Crippen LogP contribution in [0.25, 0.3) is 0 Å². The molecule has 2 aromatic heterocycles. The predicted octanol–water partition coefficient (Wildman–Crippen LogP) is 4.65. The van der Waals surface area contributed by atoms with E-state index in [-0.39, 0.29) is 29.4 Å². The average Bonchev–Trinajstić information content (AvgIpc) is 3.39. The van der Waals surface area contributed by atoms with Crippen LogP contribution in [-0.4, -0.2) is 58.3 Å². The maximum Gasteiger partial charge on any atom is 0.324 e. The molecule has 0 saturated carbocycles. The first-order valence-electron chi connectivity index (χ1n) is 13.1. The molecule has 0 aliphatic carbocycles. The Morgan fingerprint density at radius 2 is 1.55 bits per heavy atom. The third-order valence-corrected chi connectivity index (χ3v) is 5.94. The van der Waals surface area contributed by atoms with Gasteiger partial charge in [0.05, 0.1) is 17.8 Å². The van der Waals surface area contributed by atoms with Crippen molar-refractivity contribution in [3.8, 4) is 0 Å². The number of likely N-dealkylation sites (N-methyl/N-ethyl adjacent to an activating group) is 1. The smallest absolute Gasteiger partial charge is 0.324 e. The van der Waals surface area contributed by atoms with Gasteiger partial charge in [0.1, 0.15) is 23.7 Å². The normalized spacial score (nSPS) is 11.2. The second-order valence-electron chi connectivity index (χ2n) is 10.8. The molecule has 4 rings (SSSR count). The fourth-order valence-corrected chi connectivity index (χ4v) is 3.83. The highest BCUT2D eigenvalue weighted by molar-refractivity contribution is 6.16. The number of carbonyl (C=O) groups excluding carboxylic acids is 2. The molecule has 13 nitrogen and oxygen atoms in total. The summed E-state index contributed by atoms with van der Waals surface area (Å²) in [6, 6.07) is 15.0. The van der Waals surface area contributed by atoms with Crippen molar-refractivity contribution in [1.82, 2.24) is 20.0 Å². The summed E-state index contributed by atoms with van der Waals surface area (Å²) < 4.78 is 5.29. The number of benzene rings is 2. The molecule has 0 spiro atoms. The van der Waals surface area contributed by atoms with E-state index in [2.05, 4.69) is 36.4 Å². The van der Waals surface area contributed by atoms with Gasteiger partial charge in [0.15, 0.2) is 5.82 Å². The molecule has 0 unspecified atom stereocenters. The summed E-state index contributed by atoms with van der Waals surface area (Å²) in [6.45, 7) is 6.22. The van der Waals surface area contributed by atoms with Crippen LogP contribution in [0.4, 0.5) is 39.3 Å². The molecule has 0 saturated heterocycles. The lowest BCUT2D eigenvalue weighted by molar-refractivity contribution is -0.116. The lowest BCUT2D eigenvalue weighted by Crippen LogP contribution is -2.27. The molecule has 0 fully saturated rings. The Morgan fingerprint density at radius 1 is 0.929 bits per heavy atom. The zero-order chi connectivity index (χ0) is 30.4. The highest BCUT2D eigenvalue weighted by Crippen LogP contribution is 2.27. The summed E-state index contributed by atoms with van der Waals surface area (Å²) in [4.78, 5) is 34.6. The van der Waals surface area contributed by atoms with Gasteiger partial charge in [0, 0.05) is 34.1 Å². The first kappa shape index (κ1) is 29.7. The summed E-state index contributed by atoms with van der Waals surface area (Å²) in [5, 5.41) is 24.1. The molecule has 0 aliphatic heterocycles. The van der Waals surface area contributed by atoms with Crippen molar-refractivity contribution >= 4 is 52.2 Å². The summed E-state index contributed by atoms with van der Waals surface area (Å²) in [7, 11) is 3.63. The number of hydrogen-bond donors (Lipinski definition) is 6. The van der Waals surface area contributed by atoms with Crippen LogP contribution >= 0.6 is 0 Å². The Morgan fingerprint density at radius 3 is 2.17 bits per heavy atom. The molecule has 0 radical (unpaired) electrons. The van der Waals surface area contributed by atoms with E-state index < -0.39 is 6.03 Å². The number of nitrogens with two attached hydrogens (primary N) is 1. The molecule has 0 aliphatic rings. The second kappa shape index (κ2) is 12.5. The minimum Gasteiger partial charge on any atom is -0.383 e. The third-order valence-electron chi connectivity index (χ3n) is 5.94. The number of hydrogen-bond acceptors (Lipinski definition) is 10. The van der Waals surface area contributed by atoms with Gasteiger partial charge in [0.2, 0.25) is 5.91 Å². The number of rotatable bonds is 9. The van der Waals surface area contributed by atoms with Crippen LogP contribution in [0.3, 0.4) is 0 Å². The molecule has 42 heavy (non-hydrogen) atoms. The van der Waals surface area contributed by atoms with Crippen molar-refractivity contribution in [2.45, 2.75) is 26.2 Å². The maximum absolute atomic E-state index is 12.4. The van der Waals surface area contributed by atoms with Crippen LogP contribution in [0, 0.1) is 5.41 Å². The zero-order valence-corrected chi connectivity index (χ0v) is 24.1. The SMILES string of the molecule is CN(C)CC(=O)Nc1ccc(C(=N)c2c(N)ncnc2Nc2ccc(NC(=O)Nc3cc(C(C)(C)C)on3)cc2)cc1. The topological polar surface area (TPSA) is 187 Å². The zero-order valence-electron chi connectivity index (χ0n) is 24.1. The molecule has 7 N–H and O–H groups in total. The number of urea groups is 1. The second-order valence-corrected chi connectivity index (χ2v) is 10.8. The molecule has 218 valence electrons. The molecule has 13 heteroatoms. The average molecular weight is 571 g/mol. The van der Waals surface area contributed by atoms with E-state index in [0.29, 0.717) is 45.6 Å². The Labute approximate surface area is 243 Å². The van der Waals surface area contributed by atoms with Crippen LogP contribution < -0.4 is 27.0 Å². The standard InChI is InChI=1S/C29H34N10O3/c1-29(2,3)21-14-22(38-42-21)37-28(41)36-20-12-10-19(11-13-20)35-27-24(26(31)32-16-33-27)25(30)17-6-8-18(9-7-17)34-23(40)15-39(4)5/h6-14,16,30H,15H2,1-5H3,(H,34,40)(H3,31,32,33,35)(H2,36,37,38,41). The number of anilines is 6. The first-order valence-corrected chi connectivity index (χ1v) is 13.1. The first-order chi connectivity index (χ1) is 19.9. The summed E-state index contributed by atoms with van der Waals surface area (Å²) in [5.74, 6) is 1.32. The molecule has 0 bridgehead atoms. The Balaban J connectivity index is 1.42. The Hall–Kier alpha value is -5.30. The molecule has 3 amide bonds. The minimum absolute atomic E-state index is 0.110. The summed E-state index contributed by atoms with van der Waals surface area (Å²) in [6.07, 6.45) is 1.31. The molecular weight excluding hydrogens is 536 g/mol. The third kappa shape index (κ3) is 7.67. The molecule has 2 aromatic carbocycles. The number of aromatic nitrogens is 3. The van der Waals surface area contributed by atoms with Gasteiger partial charge in [-0.15, -0.1) is 0 Å². The fourth-order valence-electron chi connectivity index (χ4n) is 3.83. The summed E-state index contributed by atoms with van der Waals surface area (Å²) in [5.41, 5.74) is 8.75. The van der Waals surface area contributed by atoms with E-state index in [1.807, 2.05) is 34.9 Å². The van der Waals surface area contributed by atoms with Crippen LogP contribution in [0.5, 0.6) is 0 Å². The molecule has 0 atom stereocenters. The van der Waals surface area contributed by atoms with Crippen molar-refractivity contribution in [2.24, 2.45) is 0 Å². The van der Waals surface area contributed by atoms with E-state index in [4.69, 9.17) is 15.7 Å². The Bertz CT molecular complexity index is 1570. The number of amides is 3. The molecule has 4 aromatic rings. The van der Waals surface area contributed by atoms with E-state index in [0.717, 1.165) is 0 Å². The Kier molecular flexibility index (Phi) is 8.82. The largest absolute Gasteiger partial charge is 0.383 e. The van der Waals surface area contributed by atoms with E-state index in [9.17, 15) is 9.59 Å². The monoisotopic (exact) mass is 570 g/mol. The van der Waals surface area contributed by atoms with Crippen LogP contribution in [0.2, 0.25) is 0 Å². The number of nitrogens with zero attached hydrogens (tertiary/aromatic N) is 4. The van der Waals surface area contributed by atoms with E-state index in [1.54, 1.807) is 59.5 Å². The predicted molar refractivity (Wildman–Crippen MR) is 164 cm³/mol. The van der Waals surface area contributed by atoms with Crippen molar-refractivity contribution in [2.75, 3.05) is 47.6 Å². The van der Waals surface area contributed by atoms with Crippen molar-refractivity contribution in [3.63, 3.8) is 0 Å². The van der Waals surface area contributed by atoms with Gasteiger partial charge in [-0.25, -0.2) is 14.8 Å². The highest BCUT2D eigenvalue weighted by Gasteiger charge is 2.20. The van der Waals surface area contributed by atoms with Crippen LogP contribution in [0.1, 0.15) is 37.7 Å². The van der Waals surface area contributed by atoms with Gasteiger partial charge in [-0.3, -0.25) is 15.5 Å². The van der Waals surface area contributed by atoms with Gasteiger partial charge >= 0.3 is 6.03 Å². The van der Waals surface area contributed by atoms with Crippen molar-refractivity contribution < 1.29 is 14.1 Å². The fraction of sp³-hybridized carbons (Fsp3) is 0.241. The number of carbonyl (C=O) groups is 2. The van der Waals surface area contributed by atoms with Crippen LogP contribution in [-0.2, 0) is 10.2 Å². The van der Waals surface area contributed by atoms with Crippen molar-refractivity contribution in [1.29, 1.82) is 5.41 Å². The maximum atomic E-state index is 12.4. The van der Waals surface area contributed by atoms with Gasteiger partial charge in [0.25, 0.3) is 0 Å².